The SMILES string of the molecule is CN=C(NCc1ccc(Cn2ccccc2=O)cc1)NCC(C)(C)c1ccccc1.I. The number of nitrogens with zero attached hydrogens (tertiary/aromatic N) is 2. The first-order valence-corrected chi connectivity index (χ1v) is 10.2. The molecule has 2 aromatic carbocycles. The van der Waals surface area contributed by atoms with Crippen LogP contribution in [-0.2, 0) is 18.5 Å². The fraction of sp³-hybridized carbons (Fsp3) is 0.280. The summed E-state index contributed by atoms with van der Waals surface area (Å²) in [5.74, 6) is 0.777. The lowest BCUT2D eigenvalue weighted by Crippen LogP contribution is -2.43. The maximum atomic E-state index is 11.9. The number of nitrogens with one attached hydrogen (secondary N) is 2. The van der Waals surface area contributed by atoms with Gasteiger partial charge in [-0.3, -0.25) is 9.79 Å². The molecule has 3 aromatic rings. The highest BCUT2D eigenvalue weighted by Crippen LogP contribution is 2.21. The maximum absolute atomic E-state index is 11.9. The molecule has 0 saturated heterocycles. The van der Waals surface area contributed by atoms with Crippen LogP contribution in [0, 0.1) is 0 Å². The van der Waals surface area contributed by atoms with Crippen LogP contribution in [0.4, 0.5) is 0 Å². The van der Waals surface area contributed by atoms with Crippen molar-refractivity contribution in [2.24, 2.45) is 4.99 Å². The van der Waals surface area contributed by atoms with Gasteiger partial charge in [-0.25, -0.2) is 0 Å². The fourth-order valence-corrected chi connectivity index (χ4v) is 3.25. The van der Waals surface area contributed by atoms with Gasteiger partial charge in [0.15, 0.2) is 5.96 Å². The number of benzene rings is 2. The van der Waals surface area contributed by atoms with E-state index in [1.807, 2.05) is 18.3 Å². The Morgan fingerprint density at radius 1 is 0.903 bits per heavy atom. The van der Waals surface area contributed by atoms with Crippen molar-refractivity contribution in [2.45, 2.75) is 32.4 Å². The minimum atomic E-state index is -0.00392. The molecule has 0 unspecified atom stereocenters. The largest absolute Gasteiger partial charge is 0.356 e. The van der Waals surface area contributed by atoms with Crippen LogP contribution in [-0.4, -0.2) is 24.1 Å². The van der Waals surface area contributed by atoms with Gasteiger partial charge in [0.05, 0.1) is 6.54 Å². The molecule has 0 aliphatic carbocycles. The summed E-state index contributed by atoms with van der Waals surface area (Å²) in [5.41, 5.74) is 3.55. The van der Waals surface area contributed by atoms with Gasteiger partial charge in [-0.2, -0.15) is 0 Å². The van der Waals surface area contributed by atoms with Crippen LogP contribution in [0.5, 0.6) is 0 Å². The summed E-state index contributed by atoms with van der Waals surface area (Å²) in [6, 6.07) is 24.0. The lowest BCUT2D eigenvalue weighted by atomic mass is 9.85. The van der Waals surface area contributed by atoms with E-state index in [9.17, 15) is 4.79 Å². The quantitative estimate of drug-likeness (QED) is 0.274. The number of pyridine rings is 1. The molecule has 0 saturated carbocycles. The lowest BCUT2D eigenvalue weighted by Gasteiger charge is -2.26. The topological polar surface area (TPSA) is 58.4 Å². The van der Waals surface area contributed by atoms with E-state index in [0.717, 1.165) is 23.6 Å². The van der Waals surface area contributed by atoms with E-state index < -0.39 is 0 Å². The van der Waals surface area contributed by atoms with Crippen molar-refractivity contribution >= 4 is 29.9 Å². The van der Waals surface area contributed by atoms with Crippen molar-refractivity contribution < 1.29 is 0 Å². The molecular weight excluding hydrogens is 499 g/mol. The van der Waals surface area contributed by atoms with E-state index in [0.29, 0.717) is 13.1 Å². The van der Waals surface area contributed by atoms with Gasteiger partial charge in [-0.1, -0.05) is 74.5 Å². The van der Waals surface area contributed by atoms with E-state index in [1.165, 1.54) is 5.56 Å². The summed E-state index contributed by atoms with van der Waals surface area (Å²) in [4.78, 5) is 16.2. The summed E-state index contributed by atoms with van der Waals surface area (Å²) in [5, 5.41) is 6.80. The number of guanidine groups is 1. The highest BCUT2D eigenvalue weighted by molar-refractivity contribution is 14.0. The summed E-state index contributed by atoms with van der Waals surface area (Å²) in [6.07, 6.45) is 1.81. The summed E-state index contributed by atoms with van der Waals surface area (Å²) in [6.45, 7) is 6.47. The smallest absolute Gasteiger partial charge is 0.250 e. The second-order valence-electron chi connectivity index (χ2n) is 8.01. The minimum Gasteiger partial charge on any atom is -0.356 e. The molecule has 1 heterocycles. The number of rotatable bonds is 7. The number of halogens is 1. The van der Waals surface area contributed by atoms with E-state index >= 15 is 0 Å². The monoisotopic (exact) mass is 530 g/mol. The first kappa shape index (κ1) is 24.7. The standard InChI is InChI=1S/C25H30N4O.HI/c1-25(2,22-9-5-4-6-10-22)19-28-24(26-3)27-17-20-12-14-21(15-13-20)18-29-16-8-7-11-23(29)30;/h4-16H,17-19H2,1-3H3,(H2,26,27,28);1H. The van der Waals surface area contributed by atoms with E-state index in [2.05, 4.69) is 78.0 Å². The molecule has 0 fully saturated rings. The van der Waals surface area contributed by atoms with Gasteiger partial charge in [-0.15, -0.1) is 24.0 Å². The molecule has 3 rings (SSSR count). The number of aliphatic imine (C=N–C) groups is 1. The van der Waals surface area contributed by atoms with Gasteiger partial charge in [-0.05, 0) is 22.8 Å². The molecule has 0 radical (unpaired) electrons. The van der Waals surface area contributed by atoms with E-state index in [-0.39, 0.29) is 35.0 Å². The first-order chi connectivity index (χ1) is 14.5. The van der Waals surface area contributed by atoms with Gasteiger partial charge in [0, 0.05) is 37.8 Å². The zero-order valence-electron chi connectivity index (χ0n) is 18.3. The van der Waals surface area contributed by atoms with Gasteiger partial charge >= 0.3 is 0 Å². The Morgan fingerprint density at radius 2 is 1.55 bits per heavy atom. The average molecular weight is 530 g/mol. The summed E-state index contributed by atoms with van der Waals surface area (Å²) >= 11 is 0. The Balaban J connectivity index is 0.00000341. The third kappa shape index (κ3) is 7.24. The zero-order chi connectivity index (χ0) is 21.4. The van der Waals surface area contributed by atoms with Crippen molar-refractivity contribution in [3.05, 3.63) is 106 Å². The molecule has 1 aromatic heterocycles. The molecule has 0 bridgehead atoms. The summed E-state index contributed by atoms with van der Waals surface area (Å²) in [7, 11) is 1.78. The average Bonchev–Trinajstić information content (AvgIpc) is 2.77. The molecule has 6 heteroatoms. The van der Waals surface area contributed by atoms with Crippen LogP contribution in [0.3, 0.4) is 0 Å². The first-order valence-electron chi connectivity index (χ1n) is 10.2. The van der Waals surface area contributed by atoms with Crippen molar-refractivity contribution in [2.75, 3.05) is 13.6 Å². The molecule has 164 valence electrons. The highest BCUT2D eigenvalue weighted by Gasteiger charge is 2.20. The second-order valence-corrected chi connectivity index (χ2v) is 8.01. The zero-order valence-corrected chi connectivity index (χ0v) is 20.7. The molecule has 0 aliphatic rings. The number of hydrogen-bond donors (Lipinski definition) is 2. The van der Waals surface area contributed by atoms with Crippen molar-refractivity contribution in [3.8, 4) is 0 Å². The molecular formula is C25H31IN4O. The molecule has 0 aliphatic heterocycles. The second kappa shape index (κ2) is 11.7. The van der Waals surface area contributed by atoms with Gasteiger partial charge < -0.3 is 15.2 Å². The molecule has 5 nitrogen and oxygen atoms in total. The van der Waals surface area contributed by atoms with E-state index in [4.69, 9.17) is 0 Å². The highest BCUT2D eigenvalue weighted by atomic mass is 127. The molecule has 0 spiro atoms. The minimum absolute atomic E-state index is 0. The van der Waals surface area contributed by atoms with Crippen LogP contribution in [0.1, 0.15) is 30.5 Å². The molecule has 31 heavy (non-hydrogen) atoms. The Bertz CT molecular complexity index is 1030. The number of hydrogen-bond acceptors (Lipinski definition) is 2. The molecule has 2 N–H and O–H groups in total. The van der Waals surface area contributed by atoms with E-state index in [1.54, 1.807) is 23.7 Å². The van der Waals surface area contributed by atoms with Crippen molar-refractivity contribution in [1.82, 2.24) is 15.2 Å². The predicted molar refractivity (Wildman–Crippen MR) is 139 cm³/mol. The van der Waals surface area contributed by atoms with Gasteiger partial charge in [0.2, 0.25) is 0 Å². The lowest BCUT2D eigenvalue weighted by molar-refractivity contribution is 0.508. The Labute approximate surface area is 201 Å². The Hall–Kier alpha value is -2.61. The predicted octanol–water partition coefficient (Wildman–Crippen LogP) is 4.16. The maximum Gasteiger partial charge on any atom is 0.250 e. The normalized spacial score (nSPS) is 11.5. The van der Waals surface area contributed by atoms with Crippen LogP contribution in [0.2, 0.25) is 0 Å². The van der Waals surface area contributed by atoms with Gasteiger partial charge in [0.1, 0.15) is 0 Å². The van der Waals surface area contributed by atoms with Crippen LogP contribution in [0.15, 0.2) is 88.8 Å². The van der Waals surface area contributed by atoms with Crippen LogP contribution < -0.4 is 16.2 Å². The fourth-order valence-electron chi connectivity index (χ4n) is 3.25. The van der Waals surface area contributed by atoms with Crippen molar-refractivity contribution in [1.29, 1.82) is 0 Å². The van der Waals surface area contributed by atoms with Crippen molar-refractivity contribution in [3.63, 3.8) is 0 Å². The number of aromatic nitrogens is 1. The molecule has 0 atom stereocenters. The third-order valence-corrected chi connectivity index (χ3v) is 5.21. The Kier molecular flexibility index (Phi) is 9.30. The summed E-state index contributed by atoms with van der Waals surface area (Å²) < 4.78 is 1.70. The van der Waals surface area contributed by atoms with Gasteiger partial charge in [0.25, 0.3) is 5.56 Å². The van der Waals surface area contributed by atoms with Crippen LogP contribution >= 0.6 is 24.0 Å². The molecule has 0 amide bonds. The Morgan fingerprint density at radius 3 is 2.19 bits per heavy atom. The van der Waals surface area contributed by atoms with Crippen LogP contribution in [0.25, 0.3) is 0 Å². The third-order valence-electron chi connectivity index (χ3n) is 5.21.